The van der Waals surface area contributed by atoms with Crippen LogP contribution in [0.5, 0.6) is 0 Å². The minimum absolute atomic E-state index is 0.174. The number of halogens is 3. The molecule has 1 aliphatic rings. The number of carbonyl (C=O) groups excluding carboxylic acids is 1. The van der Waals surface area contributed by atoms with E-state index in [9.17, 15) is 13.6 Å². The van der Waals surface area contributed by atoms with E-state index in [2.05, 4.69) is 10.3 Å². The third-order valence-electron chi connectivity index (χ3n) is 4.36. The first-order valence-electron chi connectivity index (χ1n) is 7.83. The van der Waals surface area contributed by atoms with Crippen molar-refractivity contribution in [2.45, 2.75) is 19.5 Å². The lowest BCUT2D eigenvalue weighted by Gasteiger charge is -2.08. The van der Waals surface area contributed by atoms with Gasteiger partial charge >= 0.3 is 0 Å². The maximum atomic E-state index is 14.2. The molecule has 1 aromatic carbocycles. The molecule has 2 heterocycles. The first-order valence-corrected chi connectivity index (χ1v) is 8.21. The fourth-order valence-corrected chi connectivity index (χ4v) is 3.11. The second kappa shape index (κ2) is 5.81. The van der Waals surface area contributed by atoms with Gasteiger partial charge in [0.1, 0.15) is 17.6 Å². The second-order valence-electron chi connectivity index (χ2n) is 6.18. The number of aryl methyl sites for hydroxylation is 1. The van der Waals surface area contributed by atoms with Crippen LogP contribution in [0.3, 0.4) is 0 Å². The van der Waals surface area contributed by atoms with E-state index in [-0.39, 0.29) is 23.2 Å². The van der Waals surface area contributed by atoms with E-state index in [1.54, 1.807) is 28.8 Å². The Hall–Kier alpha value is -2.47. The Morgan fingerprint density at radius 2 is 2.12 bits per heavy atom. The number of nitrogens with one attached hydrogen (secondary N) is 1. The SMILES string of the molecule is Cc1cccc(F)c1-c1ccc2nc(NC(=O)C3CC3F)c(Cl)n2c1. The average Bonchev–Trinajstić information content (AvgIpc) is 3.23. The van der Waals surface area contributed by atoms with Crippen molar-refractivity contribution in [2.24, 2.45) is 5.92 Å². The zero-order valence-corrected chi connectivity index (χ0v) is 14.0. The molecule has 4 rings (SSSR count). The molecule has 0 spiro atoms. The predicted molar refractivity (Wildman–Crippen MR) is 92.0 cm³/mol. The highest BCUT2D eigenvalue weighted by atomic mass is 35.5. The van der Waals surface area contributed by atoms with Gasteiger partial charge in [0.25, 0.3) is 0 Å². The molecule has 0 radical (unpaired) electrons. The molecular formula is C18H14ClF2N3O. The number of rotatable bonds is 3. The van der Waals surface area contributed by atoms with Crippen LogP contribution in [0.25, 0.3) is 16.8 Å². The molecule has 2 atom stereocenters. The van der Waals surface area contributed by atoms with Crippen LogP contribution in [-0.4, -0.2) is 21.5 Å². The molecule has 1 fully saturated rings. The molecular weight excluding hydrogens is 348 g/mol. The summed E-state index contributed by atoms with van der Waals surface area (Å²) in [6.45, 7) is 1.83. The Morgan fingerprint density at radius 3 is 2.80 bits per heavy atom. The van der Waals surface area contributed by atoms with Crippen molar-refractivity contribution < 1.29 is 13.6 Å². The quantitative estimate of drug-likeness (QED) is 0.751. The number of aromatic nitrogens is 2. The van der Waals surface area contributed by atoms with Gasteiger partial charge in [-0.05, 0) is 37.1 Å². The number of anilines is 1. The summed E-state index contributed by atoms with van der Waals surface area (Å²) < 4.78 is 28.8. The Balaban J connectivity index is 1.74. The molecule has 4 nitrogen and oxygen atoms in total. The molecule has 1 aliphatic carbocycles. The van der Waals surface area contributed by atoms with E-state index in [0.29, 0.717) is 16.8 Å². The average molecular weight is 362 g/mol. The van der Waals surface area contributed by atoms with Gasteiger partial charge in [0, 0.05) is 17.3 Å². The standard InChI is InChI=1S/C18H14ClF2N3O/c1-9-3-2-4-12(20)15(9)10-5-6-14-22-17(16(19)24(14)8-10)23-18(25)11-7-13(11)21/h2-6,8,11,13H,7H2,1H3,(H,23,25). The number of nitrogens with zero attached hydrogens (tertiary/aromatic N) is 2. The largest absolute Gasteiger partial charge is 0.308 e. The van der Waals surface area contributed by atoms with Crippen LogP contribution >= 0.6 is 11.6 Å². The predicted octanol–water partition coefficient (Wildman–Crippen LogP) is 4.40. The van der Waals surface area contributed by atoms with Crippen molar-refractivity contribution in [3.8, 4) is 11.1 Å². The van der Waals surface area contributed by atoms with E-state index in [4.69, 9.17) is 11.6 Å². The monoisotopic (exact) mass is 361 g/mol. The van der Waals surface area contributed by atoms with E-state index >= 15 is 0 Å². The fraction of sp³-hybridized carbons (Fsp3) is 0.222. The number of pyridine rings is 1. The highest BCUT2D eigenvalue weighted by Crippen LogP contribution is 2.36. The van der Waals surface area contributed by atoms with Crippen molar-refractivity contribution in [3.05, 3.63) is 53.1 Å². The van der Waals surface area contributed by atoms with Gasteiger partial charge in [0.15, 0.2) is 11.0 Å². The lowest BCUT2D eigenvalue weighted by molar-refractivity contribution is -0.117. The summed E-state index contributed by atoms with van der Waals surface area (Å²) in [6, 6.07) is 8.32. The van der Waals surface area contributed by atoms with Crippen molar-refractivity contribution in [1.29, 1.82) is 0 Å². The third-order valence-corrected chi connectivity index (χ3v) is 4.72. The van der Waals surface area contributed by atoms with Crippen LogP contribution in [-0.2, 0) is 4.79 Å². The fourth-order valence-electron chi connectivity index (χ4n) is 2.89. The number of benzene rings is 1. The summed E-state index contributed by atoms with van der Waals surface area (Å²) in [4.78, 5) is 16.1. The highest BCUT2D eigenvalue weighted by molar-refractivity contribution is 6.32. The summed E-state index contributed by atoms with van der Waals surface area (Å²) in [5, 5.41) is 2.75. The van der Waals surface area contributed by atoms with Gasteiger partial charge in [-0.3, -0.25) is 9.20 Å². The topological polar surface area (TPSA) is 46.4 Å². The number of carbonyl (C=O) groups is 1. The number of hydrogen-bond donors (Lipinski definition) is 1. The number of amides is 1. The van der Waals surface area contributed by atoms with E-state index < -0.39 is 18.0 Å². The lowest BCUT2D eigenvalue weighted by Crippen LogP contribution is -2.15. The van der Waals surface area contributed by atoms with E-state index in [0.717, 1.165) is 5.56 Å². The van der Waals surface area contributed by atoms with Crippen LogP contribution in [0.2, 0.25) is 5.15 Å². The molecule has 0 bridgehead atoms. The first-order chi connectivity index (χ1) is 12.0. The Kier molecular flexibility index (Phi) is 3.72. The van der Waals surface area contributed by atoms with Crippen LogP contribution in [0.4, 0.5) is 14.6 Å². The number of fused-ring (bicyclic) bond motifs is 1. The molecule has 1 saturated carbocycles. The summed E-state index contributed by atoms with van der Waals surface area (Å²) in [7, 11) is 0. The van der Waals surface area contributed by atoms with Gasteiger partial charge < -0.3 is 5.32 Å². The molecule has 7 heteroatoms. The second-order valence-corrected chi connectivity index (χ2v) is 6.53. The van der Waals surface area contributed by atoms with Gasteiger partial charge in [0.2, 0.25) is 5.91 Å². The van der Waals surface area contributed by atoms with Gasteiger partial charge in [-0.2, -0.15) is 0 Å². The van der Waals surface area contributed by atoms with Crippen molar-refractivity contribution in [3.63, 3.8) is 0 Å². The summed E-state index contributed by atoms with van der Waals surface area (Å²) in [6.07, 6.45) is 0.806. The molecule has 3 aromatic rings. The first kappa shape index (κ1) is 16.0. The normalized spacial score (nSPS) is 19.2. The maximum Gasteiger partial charge on any atom is 0.231 e. The number of alkyl halides is 1. The smallest absolute Gasteiger partial charge is 0.231 e. The zero-order valence-electron chi connectivity index (χ0n) is 13.3. The third kappa shape index (κ3) is 2.76. The van der Waals surface area contributed by atoms with Crippen LogP contribution in [0.1, 0.15) is 12.0 Å². The molecule has 25 heavy (non-hydrogen) atoms. The lowest BCUT2D eigenvalue weighted by atomic mass is 10.0. The number of imidazole rings is 1. The highest BCUT2D eigenvalue weighted by Gasteiger charge is 2.44. The molecule has 0 saturated heterocycles. The van der Waals surface area contributed by atoms with Gasteiger partial charge in [-0.1, -0.05) is 23.7 Å². The van der Waals surface area contributed by atoms with Crippen molar-refractivity contribution in [1.82, 2.24) is 9.38 Å². The summed E-state index contributed by atoms with van der Waals surface area (Å²) in [5.41, 5.74) is 2.43. The van der Waals surface area contributed by atoms with Gasteiger partial charge in [-0.15, -0.1) is 0 Å². The molecule has 1 amide bonds. The van der Waals surface area contributed by atoms with Gasteiger partial charge in [-0.25, -0.2) is 13.8 Å². The molecule has 2 unspecified atom stereocenters. The van der Waals surface area contributed by atoms with Crippen molar-refractivity contribution in [2.75, 3.05) is 5.32 Å². The Bertz CT molecular complexity index is 981. The van der Waals surface area contributed by atoms with Crippen LogP contribution in [0, 0.1) is 18.7 Å². The van der Waals surface area contributed by atoms with Crippen molar-refractivity contribution >= 4 is 29.0 Å². The maximum absolute atomic E-state index is 14.2. The van der Waals surface area contributed by atoms with Crippen LogP contribution in [0.15, 0.2) is 36.5 Å². The minimum atomic E-state index is -1.09. The molecule has 128 valence electrons. The minimum Gasteiger partial charge on any atom is -0.308 e. The zero-order chi connectivity index (χ0) is 17.7. The molecule has 1 N–H and O–H groups in total. The van der Waals surface area contributed by atoms with Crippen LogP contribution < -0.4 is 5.32 Å². The van der Waals surface area contributed by atoms with Gasteiger partial charge in [0.05, 0.1) is 5.92 Å². The Morgan fingerprint density at radius 1 is 1.36 bits per heavy atom. The van der Waals surface area contributed by atoms with E-state index in [1.807, 2.05) is 13.0 Å². The molecule has 2 aromatic heterocycles. The Labute approximate surface area is 147 Å². The molecule has 0 aliphatic heterocycles. The summed E-state index contributed by atoms with van der Waals surface area (Å²) >= 11 is 6.30. The summed E-state index contributed by atoms with van der Waals surface area (Å²) in [5.74, 6) is -1.21. The number of hydrogen-bond acceptors (Lipinski definition) is 2. The van der Waals surface area contributed by atoms with E-state index in [1.165, 1.54) is 6.07 Å².